The van der Waals surface area contributed by atoms with Crippen LogP contribution in [0.2, 0.25) is 0 Å². The van der Waals surface area contributed by atoms with Gasteiger partial charge >= 0.3 is 0 Å². The monoisotopic (exact) mass is 252 g/mol. The SMILES string of the molecule is CCNC(C1=CCCCC1)C(CC)(CC)N(C)C. The molecule has 0 aliphatic heterocycles. The average Bonchev–Trinajstić information content (AvgIpc) is 2.40. The molecule has 1 unspecified atom stereocenters. The fourth-order valence-electron chi connectivity index (χ4n) is 3.54. The summed E-state index contributed by atoms with van der Waals surface area (Å²) in [6, 6.07) is 0.521. The second kappa shape index (κ2) is 7.30. The number of nitrogens with one attached hydrogen (secondary N) is 1. The molecule has 1 N–H and O–H groups in total. The molecular formula is C16H32N2. The van der Waals surface area contributed by atoms with Crippen molar-refractivity contribution in [3.05, 3.63) is 11.6 Å². The first-order chi connectivity index (χ1) is 8.62. The molecule has 106 valence electrons. The molecule has 1 aliphatic carbocycles. The summed E-state index contributed by atoms with van der Waals surface area (Å²) in [5.41, 5.74) is 1.92. The fraction of sp³-hybridized carbons (Fsp3) is 0.875. The van der Waals surface area contributed by atoms with Crippen molar-refractivity contribution >= 4 is 0 Å². The Morgan fingerprint density at radius 2 is 1.89 bits per heavy atom. The van der Waals surface area contributed by atoms with Crippen LogP contribution in [0.25, 0.3) is 0 Å². The first-order valence-electron chi connectivity index (χ1n) is 7.72. The average molecular weight is 252 g/mol. The maximum atomic E-state index is 3.77. The molecule has 0 amide bonds. The predicted molar refractivity (Wildman–Crippen MR) is 81.0 cm³/mol. The highest BCUT2D eigenvalue weighted by atomic mass is 15.2. The van der Waals surface area contributed by atoms with E-state index in [1.165, 1.54) is 38.5 Å². The van der Waals surface area contributed by atoms with Gasteiger partial charge < -0.3 is 10.2 Å². The molecular weight excluding hydrogens is 220 g/mol. The van der Waals surface area contributed by atoms with Gasteiger partial charge in [-0.1, -0.05) is 32.4 Å². The van der Waals surface area contributed by atoms with E-state index in [9.17, 15) is 0 Å². The van der Waals surface area contributed by atoms with Gasteiger partial charge in [0.05, 0.1) is 0 Å². The van der Waals surface area contributed by atoms with Crippen LogP contribution in [-0.4, -0.2) is 37.1 Å². The van der Waals surface area contributed by atoms with Crippen LogP contribution in [0, 0.1) is 0 Å². The molecule has 2 heteroatoms. The minimum Gasteiger partial charge on any atom is -0.309 e. The zero-order valence-corrected chi connectivity index (χ0v) is 13.1. The third-order valence-electron chi connectivity index (χ3n) is 4.76. The Labute approximate surface area is 114 Å². The smallest absolute Gasteiger partial charge is 0.0465 e. The standard InChI is InChI=1S/C16H32N2/c1-6-16(7-2,18(4)5)15(17-8-3)14-12-10-9-11-13-14/h12,15,17H,6-11,13H2,1-5H3. The molecule has 0 radical (unpaired) electrons. The lowest BCUT2D eigenvalue weighted by Crippen LogP contribution is -2.59. The Bertz CT molecular complexity index is 264. The Hall–Kier alpha value is -0.340. The molecule has 1 atom stereocenters. The molecule has 2 nitrogen and oxygen atoms in total. The van der Waals surface area contributed by atoms with Gasteiger partial charge in [-0.2, -0.15) is 0 Å². The Morgan fingerprint density at radius 3 is 2.28 bits per heavy atom. The van der Waals surface area contributed by atoms with E-state index < -0.39 is 0 Å². The number of nitrogens with zero attached hydrogens (tertiary/aromatic N) is 1. The highest BCUT2D eigenvalue weighted by molar-refractivity contribution is 5.21. The summed E-state index contributed by atoms with van der Waals surface area (Å²) >= 11 is 0. The molecule has 0 aromatic carbocycles. The number of hydrogen-bond donors (Lipinski definition) is 1. The number of allylic oxidation sites excluding steroid dienone is 1. The van der Waals surface area contributed by atoms with E-state index in [1.54, 1.807) is 5.57 Å². The molecule has 1 aliphatic rings. The van der Waals surface area contributed by atoms with E-state index in [0.29, 0.717) is 6.04 Å². The maximum absolute atomic E-state index is 3.77. The van der Waals surface area contributed by atoms with Crippen LogP contribution in [-0.2, 0) is 0 Å². The lowest BCUT2D eigenvalue weighted by molar-refractivity contribution is 0.101. The van der Waals surface area contributed by atoms with Crippen molar-refractivity contribution in [3.63, 3.8) is 0 Å². The predicted octanol–water partition coefficient (Wildman–Crippen LogP) is 3.59. The van der Waals surface area contributed by atoms with Gasteiger partial charge in [0.1, 0.15) is 0 Å². The van der Waals surface area contributed by atoms with E-state index in [2.05, 4.69) is 51.2 Å². The normalized spacial score (nSPS) is 18.9. The maximum Gasteiger partial charge on any atom is 0.0465 e. The van der Waals surface area contributed by atoms with Crippen LogP contribution < -0.4 is 5.32 Å². The summed E-state index contributed by atoms with van der Waals surface area (Å²) in [4.78, 5) is 2.44. The summed E-state index contributed by atoms with van der Waals surface area (Å²) in [5.74, 6) is 0. The first kappa shape index (κ1) is 15.7. The van der Waals surface area contributed by atoms with Gasteiger partial charge in [0.15, 0.2) is 0 Å². The van der Waals surface area contributed by atoms with Crippen LogP contribution in [0.4, 0.5) is 0 Å². The minimum absolute atomic E-state index is 0.263. The molecule has 0 bridgehead atoms. The van der Waals surface area contributed by atoms with Crippen LogP contribution in [0.15, 0.2) is 11.6 Å². The third kappa shape index (κ3) is 3.16. The van der Waals surface area contributed by atoms with Gasteiger partial charge in [-0.15, -0.1) is 0 Å². The quantitative estimate of drug-likeness (QED) is 0.697. The Balaban J connectivity index is 3.03. The minimum atomic E-state index is 0.263. The fourth-order valence-corrected chi connectivity index (χ4v) is 3.54. The molecule has 0 saturated carbocycles. The van der Waals surface area contributed by atoms with Crippen molar-refractivity contribution in [2.75, 3.05) is 20.6 Å². The molecule has 0 saturated heterocycles. The van der Waals surface area contributed by atoms with Crippen molar-refractivity contribution < 1.29 is 0 Å². The number of hydrogen-bond acceptors (Lipinski definition) is 2. The van der Waals surface area contributed by atoms with E-state index in [0.717, 1.165) is 6.54 Å². The highest BCUT2D eigenvalue weighted by Crippen LogP contribution is 2.33. The van der Waals surface area contributed by atoms with Gasteiger partial charge in [-0.25, -0.2) is 0 Å². The van der Waals surface area contributed by atoms with E-state index in [4.69, 9.17) is 0 Å². The van der Waals surface area contributed by atoms with Gasteiger partial charge in [-0.3, -0.25) is 0 Å². The van der Waals surface area contributed by atoms with Crippen LogP contribution in [0.3, 0.4) is 0 Å². The largest absolute Gasteiger partial charge is 0.309 e. The van der Waals surface area contributed by atoms with Crippen molar-refractivity contribution in [2.24, 2.45) is 0 Å². The van der Waals surface area contributed by atoms with Crippen LogP contribution in [0.5, 0.6) is 0 Å². The summed E-state index contributed by atoms with van der Waals surface area (Å²) < 4.78 is 0. The van der Waals surface area contributed by atoms with Crippen LogP contribution >= 0.6 is 0 Å². The lowest BCUT2D eigenvalue weighted by Gasteiger charge is -2.47. The number of rotatable bonds is 7. The van der Waals surface area contributed by atoms with Crippen LogP contribution in [0.1, 0.15) is 59.3 Å². The highest BCUT2D eigenvalue weighted by Gasteiger charge is 2.39. The van der Waals surface area contributed by atoms with Crippen molar-refractivity contribution in [3.8, 4) is 0 Å². The van der Waals surface area contributed by atoms with Crippen molar-refractivity contribution in [1.82, 2.24) is 10.2 Å². The molecule has 18 heavy (non-hydrogen) atoms. The van der Waals surface area contributed by atoms with E-state index >= 15 is 0 Å². The second-order valence-corrected chi connectivity index (χ2v) is 5.72. The zero-order valence-electron chi connectivity index (χ0n) is 13.1. The molecule has 0 fully saturated rings. The molecule has 0 spiro atoms. The van der Waals surface area contributed by atoms with Crippen molar-refractivity contribution in [2.45, 2.75) is 70.9 Å². The Morgan fingerprint density at radius 1 is 1.22 bits per heavy atom. The summed E-state index contributed by atoms with van der Waals surface area (Å²) in [5, 5.41) is 3.77. The van der Waals surface area contributed by atoms with Gasteiger partial charge in [-0.05, 0) is 59.2 Å². The summed E-state index contributed by atoms with van der Waals surface area (Å²) in [6.07, 6.45) is 10.2. The summed E-state index contributed by atoms with van der Waals surface area (Å²) in [6.45, 7) is 7.94. The zero-order chi connectivity index (χ0) is 13.6. The summed E-state index contributed by atoms with van der Waals surface area (Å²) in [7, 11) is 4.47. The topological polar surface area (TPSA) is 15.3 Å². The molecule has 0 aromatic rings. The van der Waals surface area contributed by atoms with Gasteiger partial charge in [0.25, 0.3) is 0 Å². The lowest BCUT2D eigenvalue weighted by atomic mass is 9.76. The van der Waals surface area contributed by atoms with Gasteiger partial charge in [0.2, 0.25) is 0 Å². The molecule has 1 rings (SSSR count). The first-order valence-corrected chi connectivity index (χ1v) is 7.72. The molecule has 0 aromatic heterocycles. The number of likely N-dealkylation sites (N-methyl/N-ethyl adjacent to an activating group) is 2. The molecule has 0 heterocycles. The third-order valence-corrected chi connectivity index (χ3v) is 4.76. The van der Waals surface area contributed by atoms with E-state index in [-0.39, 0.29) is 5.54 Å². The Kier molecular flexibility index (Phi) is 6.37. The van der Waals surface area contributed by atoms with Crippen molar-refractivity contribution in [1.29, 1.82) is 0 Å². The second-order valence-electron chi connectivity index (χ2n) is 5.72. The van der Waals surface area contributed by atoms with Gasteiger partial charge in [0, 0.05) is 11.6 Å². The van der Waals surface area contributed by atoms with E-state index in [1.807, 2.05) is 0 Å².